The third-order valence-electron chi connectivity index (χ3n) is 5.17. The largest absolute Gasteiger partial charge is 0.478 e. The number of hydrogen-bond acceptors (Lipinski definition) is 2. The third kappa shape index (κ3) is 3.85. The Morgan fingerprint density at radius 2 is 1.86 bits per heavy atom. The van der Waals surface area contributed by atoms with E-state index < -0.39 is 5.97 Å². The van der Waals surface area contributed by atoms with E-state index >= 15 is 0 Å². The smallest absolute Gasteiger partial charge is 0.335 e. The van der Waals surface area contributed by atoms with Crippen LogP contribution in [-0.2, 0) is 6.54 Å². The van der Waals surface area contributed by atoms with Gasteiger partial charge in [0.1, 0.15) is 0 Å². The number of nitrogens with one attached hydrogen (secondary N) is 1. The quantitative estimate of drug-likeness (QED) is 0.839. The van der Waals surface area contributed by atoms with Crippen LogP contribution >= 0.6 is 0 Å². The van der Waals surface area contributed by atoms with Gasteiger partial charge in [0, 0.05) is 6.54 Å². The zero-order valence-corrected chi connectivity index (χ0v) is 12.6. The SMILES string of the molecule is O=C(O)c1ccc(CNC[C@@H]2C[C@H]2C2CCCCC2)cc1. The first-order valence-electron chi connectivity index (χ1n) is 8.27. The zero-order valence-electron chi connectivity index (χ0n) is 12.6. The average molecular weight is 287 g/mol. The normalized spacial score (nSPS) is 25.7. The Morgan fingerprint density at radius 1 is 1.14 bits per heavy atom. The second-order valence-corrected chi connectivity index (χ2v) is 6.69. The van der Waals surface area contributed by atoms with E-state index in [0.29, 0.717) is 5.56 Å². The minimum atomic E-state index is -0.859. The number of carboxylic acids is 1. The molecule has 0 aliphatic heterocycles. The van der Waals surface area contributed by atoms with Crippen LogP contribution in [0.2, 0.25) is 0 Å². The van der Waals surface area contributed by atoms with Crippen molar-refractivity contribution in [2.24, 2.45) is 17.8 Å². The highest BCUT2D eigenvalue weighted by molar-refractivity contribution is 5.87. The van der Waals surface area contributed by atoms with Gasteiger partial charge in [0.15, 0.2) is 0 Å². The molecule has 1 aromatic rings. The Hall–Kier alpha value is -1.35. The summed E-state index contributed by atoms with van der Waals surface area (Å²) in [6.07, 6.45) is 8.65. The molecule has 0 saturated heterocycles. The topological polar surface area (TPSA) is 49.3 Å². The van der Waals surface area contributed by atoms with Gasteiger partial charge < -0.3 is 10.4 Å². The Labute approximate surface area is 126 Å². The van der Waals surface area contributed by atoms with Gasteiger partial charge in [-0.2, -0.15) is 0 Å². The van der Waals surface area contributed by atoms with Gasteiger partial charge in [-0.1, -0.05) is 44.2 Å². The van der Waals surface area contributed by atoms with Crippen LogP contribution in [-0.4, -0.2) is 17.6 Å². The summed E-state index contributed by atoms with van der Waals surface area (Å²) in [6.45, 7) is 1.95. The van der Waals surface area contributed by atoms with Crippen molar-refractivity contribution in [3.05, 3.63) is 35.4 Å². The lowest BCUT2D eigenvalue weighted by Gasteiger charge is -2.21. The summed E-state index contributed by atoms with van der Waals surface area (Å²) < 4.78 is 0. The van der Waals surface area contributed by atoms with Crippen LogP contribution in [0.5, 0.6) is 0 Å². The molecule has 2 fully saturated rings. The van der Waals surface area contributed by atoms with E-state index in [1.165, 1.54) is 38.5 Å². The first-order valence-corrected chi connectivity index (χ1v) is 8.27. The first-order chi connectivity index (χ1) is 10.2. The van der Waals surface area contributed by atoms with Crippen LogP contribution in [0.3, 0.4) is 0 Å². The average Bonchev–Trinajstić information content (AvgIpc) is 3.28. The van der Waals surface area contributed by atoms with Crippen molar-refractivity contribution >= 4 is 5.97 Å². The number of benzene rings is 1. The molecule has 0 spiro atoms. The lowest BCUT2D eigenvalue weighted by molar-refractivity contribution is 0.0697. The minimum absolute atomic E-state index is 0.360. The van der Waals surface area contributed by atoms with E-state index in [1.54, 1.807) is 12.1 Å². The Balaban J connectivity index is 1.38. The van der Waals surface area contributed by atoms with Gasteiger partial charge in [-0.15, -0.1) is 0 Å². The van der Waals surface area contributed by atoms with Crippen LogP contribution in [0.4, 0.5) is 0 Å². The standard InChI is InChI=1S/C18H25NO2/c20-18(21)15-8-6-13(7-9-15)11-19-12-16-10-17(16)14-4-2-1-3-5-14/h6-9,14,16-17,19H,1-5,10-12H2,(H,20,21)/t16-,17-/m0/s1. The van der Waals surface area contributed by atoms with Gasteiger partial charge in [-0.3, -0.25) is 0 Å². The second kappa shape index (κ2) is 6.61. The van der Waals surface area contributed by atoms with Crippen molar-refractivity contribution in [1.82, 2.24) is 5.32 Å². The summed E-state index contributed by atoms with van der Waals surface area (Å²) in [4.78, 5) is 10.8. The summed E-state index contributed by atoms with van der Waals surface area (Å²) in [5, 5.41) is 12.4. The highest BCUT2D eigenvalue weighted by atomic mass is 16.4. The van der Waals surface area contributed by atoms with Gasteiger partial charge in [0.2, 0.25) is 0 Å². The lowest BCUT2D eigenvalue weighted by atomic mass is 9.85. The van der Waals surface area contributed by atoms with Crippen molar-refractivity contribution in [1.29, 1.82) is 0 Å². The molecule has 2 aliphatic carbocycles. The molecular weight excluding hydrogens is 262 g/mol. The monoisotopic (exact) mass is 287 g/mol. The maximum absolute atomic E-state index is 10.8. The molecule has 0 bridgehead atoms. The molecule has 21 heavy (non-hydrogen) atoms. The summed E-state index contributed by atoms with van der Waals surface area (Å²) in [5.74, 6) is 2.00. The van der Waals surface area contributed by atoms with Crippen LogP contribution < -0.4 is 5.32 Å². The van der Waals surface area contributed by atoms with Crippen molar-refractivity contribution < 1.29 is 9.90 Å². The number of aromatic carboxylic acids is 1. The minimum Gasteiger partial charge on any atom is -0.478 e. The molecule has 0 radical (unpaired) electrons. The molecule has 2 atom stereocenters. The molecule has 114 valence electrons. The summed E-state index contributed by atoms with van der Waals surface area (Å²) in [5.41, 5.74) is 1.52. The number of carboxylic acid groups (broad SMARTS) is 1. The van der Waals surface area contributed by atoms with E-state index in [1.807, 2.05) is 12.1 Å². The fourth-order valence-electron chi connectivity index (χ4n) is 3.81. The van der Waals surface area contributed by atoms with Crippen LogP contribution in [0.1, 0.15) is 54.4 Å². The summed E-state index contributed by atoms with van der Waals surface area (Å²) in [6, 6.07) is 7.17. The summed E-state index contributed by atoms with van der Waals surface area (Å²) >= 11 is 0. The fraction of sp³-hybridized carbons (Fsp3) is 0.611. The molecule has 3 heteroatoms. The predicted octanol–water partition coefficient (Wildman–Crippen LogP) is 3.69. The van der Waals surface area contributed by atoms with Gasteiger partial charge in [0.05, 0.1) is 5.56 Å². The van der Waals surface area contributed by atoms with E-state index in [2.05, 4.69) is 5.32 Å². The van der Waals surface area contributed by atoms with Crippen LogP contribution in [0.25, 0.3) is 0 Å². The number of hydrogen-bond donors (Lipinski definition) is 2. The maximum Gasteiger partial charge on any atom is 0.335 e. The van der Waals surface area contributed by atoms with Crippen molar-refractivity contribution in [3.63, 3.8) is 0 Å². The van der Waals surface area contributed by atoms with Crippen molar-refractivity contribution in [3.8, 4) is 0 Å². The predicted molar refractivity (Wildman–Crippen MR) is 83.3 cm³/mol. The Morgan fingerprint density at radius 3 is 2.52 bits per heavy atom. The third-order valence-corrected chi connectivity index (χ3v) is 5.17. The van der Waals surface area contributed by atoms with Crippen LogP contribution in [0.15, 0.2) is 24.3 Å². The molecule has 3 nitrogen and oxygen atoms in total. The van der Waals surface area contributed by atoms with Crippen molar-refractivity contribution in [2.45, 2.75) is 45.1 Å². The first kappa shape index (κ1) is 14.6. The van der Waals surface area contributed by atoms with Crippen LogP contribution in [0, 0.1) is 17.8 Å². The second-order valence-electron chi connectivity index (χ2n) is 6.69. The highest BCUT2D eigenvalue weighted by Gasteiger charge is 2.42. The van der Waals surface area contributed by atoms with Gasteiger partial charge in [-0.05, 0) is 48.4 Å². The van der Waals surface area contributed by atoms with E-state index in [4.69, 9.17) is 5.11 Å². The maximum atomic E-state index is 10.8. The molecular formula is C18H25NO2. The van der Waals surface area contributed by atoms with Crippen molar-refractivity contribution in [2.75, 3.05) is 6.54 Å². The van der Waals surface area contributed by atoms with E-state index in [9.17, 15) is 4.79 Å². The Bertz CT molecular complexity index is 476. The highest BCUT2D eigenvalue weighted by Crippen LogP contribution is 2.48. The number of carbonyl (C=O) groups is 1. The zero-order chi connectivity index (χ0) is 14.7. The van der Waals surface area contributed by atoms with Gasteiger partial charge in [0.25, 0.3) is 0 Å². The Kier molecular flexibility index (Phi) is 4.59. The van der Waals surface area contributed by atoms with E-state index in [0.717, 1.165) is 36.4 Å². The molecule has 0 aromatic heterocycles. The molecule has 1 aromatic carbocycles. The van der Waals surface area contributed by atoms with Gasteiger partial charge in [-0.25, -0.2) is 4.79 Å². The molecule has 2 aliphatic rings. The molecule has 0 heterocycles. The number of rotatable bonds is 6. The molecule has 3 rings (SSSR count). The lowest BCUT2D eigenvalue weighted by Crippen LogP contribution is -2.19. The van der Waals surface area contributed by atoms with Gasteiger partial charge >= 0.3 is 5.97 Å². The van der Waals surface area contributed by atoms with E-state index in [-0.39, 0.29) is 0 Å². The fourth-order valence-corrected chi connectivity index (χ4v) is 3.81. The molecule has 0 unspecified atom stereocenters. The molecule has 0 amide bonds. The molecule has 2 N–H and O–H groups in total. The summed E-state index contributed by atoms with van der Waals surface area (Å²) in [7, 11) is 0. The molecule has 2 saturated carbocycles.